The Labute approximate surface area is 210 Å². The summed E-state index contributed by atoms with van der Waals surface area (Å²) in [5.74, 6) is 0.880. The molecular formula is C25H29N9OS. The molecule has 1 fully saturated rings. The van der Waals surface area contributed by atoms with Crippen LogP contribution in [0.25, 0.3) is 28.0 Å². The van der Waals surface area contributed by atoms with Crippen LogP contribution in [0, 0.1) is 11.3 Å². The van der Waals surface area contributed by atoms with Crippen molar-refractivity contribution >= 4 is 21.1 Å². The molecule has 0 saturated carbocycles. The Morgan fingerprint density at radius 3 is 2.47 bits per heavy atom. The van der Waals surface area contributed by atoms with Gasteiger partial charge in [0, 0.05) is 64.9 Å². The number of hydrogen-bond acceptors (Lipinski definition) is 8. The van der Waals surface area contributed by atoms with Crippen molar-refractivity contribution in [3.05, 3.63) is 48.7 Å². The minimum atomic E-state index is -2.09. The summed E-state index contributed by atoms with van der Waals surface area (Å²) in [5, 5.41) is 18.5. The summed E-state index contributed by atoms with van der Waals surface area (Å²) < 4.78 is 20.1. The minimum absolute atomic E-state index is 0.134. The molecule has 0 amide bonds. The maximum Gasteiger partial charge on any atom is 0.128 e. The monoisotopic (exact) mass is 503 g/mol. The van der Waals surface area contributed by atoms with Crippen LogP contribution in [0.5, 0.6) is 0 Å². The highest BCUT2D eigenvalue weighted by atomic mass is 32.2. The molecule has 4 aromatic heterocycles. The van der Waals surface area contributed by atoms with Gasteiger partial charge in [-0.05, 0) is 38.8 Å². The topological polar surface area (TPSA) is 117 Å². The van der Waals surface area contributed by atoms with Gasteiger partial charge in [-0.1, -0.05) is 0 Å². The average Bonchev–Trinajstić information content (AvgIpc) is 3.51. The molecule has 5 heterocycles. The van der Waals surface area contributed by atoms with Crippen molar-refractivity contribution in [1.29, 1.82) is 5.26 Å². The molecular weight excluding hydrogens is 474 g/mol. The molecule has 10 nitrogen and oxygen atoms in total. The third-order valence-corrected chi connectivity index (χ3v) is 7.06. The summed E-state index contributed by atoms with van der Waals surface area (Å²) in [4.78, 5) is 11.9. The van der Waals surface area contributed by atoms with Crippen LogP contribution in [0.4, 0.5) is 5.82 Å². The lowest BCUT2D eigenvalue weighted by Crippen LogP contribution is -2.36. The van der Waals surface area contributed by atoms with E-state index in [1.165, 1.54) is 0 Å². The van der Waals surface area contributed by atoms with Gasteiger partial charge in [-0.15, -0.1) is 0 Å². The predicted molar refractivity (Wildman–Crippen MR) is 140 cm³/mol. The quantitative estimate of drug-likeness (QED) is 0.406. The molecule has 1 aliphatic heterocycles. The van der Waals surface area contributed by atoms with E-state index in [0.29, 0.717) is 16.8 Å². The lowest BCUT2D eigenvalue weighted by Gasteiger charge is -2.31. The van der Waals surface area contributed by atoms with Crippen molar-refractivity contribution in [2.24, 2.45) is 4.36 Å². The summed E-state index contributed by atoms with van der Waals surface area (Å²) >= 11 is 0. The van der Waals surface area contributed by atoms with E-state index in [1.807, 2.05) is 29.2 Å². The average molecular weight is 504 g/mol. The molecule has 5 rings (SSSR count). The largest absolute Gasteiger partial charge is 0.356 e. The maximum atomic E-state index is 12.0. The molecule has 11 heteroatoms. The Balaban J connectivity index is 1.47. The Hall–Kier alpha value is -3.78. The highest BCUT2D eigenvalue weighted by Gasteiger charge is 2.21. The van der Waals surface area contributed by atoms with E-state index in [4.69, 9.17) is 9.97 Å². The van der Waals surface area contributed by atoms with Crippen LogP contribution in [-0.4, -0.2) is 65.2 Å². The number of fused-ring (bicyclic) bond motifs is 1. The molecule has 186 valence electrons. The van der Waals surface area contributed by atoms with Crippen LogP contribution < -0.4 is 4.90 Å². The van der Waals surface area contributed by atoms with Crippen LogP contribution in [-0.2, 0) is 9.73 Å². The first-order chi connectivity index (χ1) is 17.2. The Morgan fingerprint density at radius 1 is 1.08 bits per heavy atom. The summed E-state index contributed by atoms with van der Waals surface area (Å²) in [6.45, 7) is 5.77. The number of nitrogens with zero attached hydrogens (tertiary/aromatic N) is 9. The molecule has 1 saturated heterocycles. The molecule has 0 aromatic carbocycles. The van der Waals surface area contributed by atoms with E-state index in [2.05, 4.69) is 39.4 Å². The van der Waals surface area contributed by atoms with Crippen molar-refractivity contribution in [2.75, 3.05) is 30.5 Å². The maximum absolute atomic E-state index is 12.0. The summed E-state index contributed by atoms with van der Waals surface area (Å²) in [6.07, 6.45) is 14.0. The molecule has 1 aliphatic rings. The van der Waals surface area contributed by atoms with Gasteiger partial charge in [-0.3, -0.25) is 8.89 Å². The Kier molecular flexibility index (Phi) is 6.22. The van der Waals surface area contributed by atoms with Crippen molar-refractivity contribution in [1.82, 2.24) is 29.4 Å². The first-order valence-corrected chi connectivity index (χ1v) is 14.3. The SMILES string of the molecule is CC(C)n1cc(-c2cn3ncc(C#N)c3c(-c3ccc(N4CCC(N=S(C)(C)=O)CC4)nc3)n2)cn1. The zero-order valence-corrected chi connectivity index (χ0v) is 21.7. The van der Waals surface area contributed by atoms with Gasteiger partial charge < -0.3 is 4.90 Å². The molecule has 0 radical (unpaired) electrons. The summed E-state index contributed by atoms with van der Waals surface area (Å²) in [5.41, 5.74) is 4.16. The molecule has 0 bridgehead atoms. The highest BCUT2D eigenvalue weighted by Crippen LogP contribution is 2.30. The van der Waals surface area contributed by atoms with E-state index >= 15 is 0 Å². The first-order valence-electron chi connectivity index (χ1n) is 11.9. The third kappa shape index (κ3) is 4.81. The minimum Gasteiger partial charge on any atom is -0.356 e. The van der Waals surface area contributed by atoms with Gasteiger partial charge in [-0.25, -0.2) is 18.8 Å². The van der Waals surface area contributed by atoms with E-state index in [0.717, 1.165) is 48.6 Å². The normalized spacial score (nSPS) is 14.9. The summed E-state index contributed by atoms with van der Waals surface area (Å²) in [6, 6.07) is 6.57. The molecule has 4 aromatic rings. The lowest BCUT2D eigenvalue weighted by molar-refractivity contribution is 0.502. The van der Waals surface area contributed by atoms with Crippen LogP contribution >= 0.6 is 0 Å². The molecule has 0 N–H and O–H groups in total. The van der Waals surface area contributed by atoms with Crippen LogP contribution in [0.1, 0.15) is 38.3 Å². The van der Waals surface area contributed by atoms with Crippen LogP contribution in [0.2, 0.25) is 0 Å². The zero-order valence-electron chi connectivity index (χ0n) is 20.9. The summed E-state index contributed by atoms with van der Waals surface area (Å²) in [7, 11) is -2.09. The van der Waals surface area contributed by atoms with Crippen LogP contribution in [0.3, 0.4) is 0 Å². The fourth-order valence-corrected chi connectivity index (χ4v) is 5.39. The second-order valence-corrected chi connectivity index (χ2v) is 12.2. The van der Waals surface area contributed by atoms with Gasteiger partial charge in [0.15, 0.2) is 0 Å². The first kappa shape index (κ1) is 23.9. The van der Waals surface area contributed by atoms with Gasteiger partial charge in [-0.2, -0.15) is 15.5 Å². The van der Waals surface area contributed by atoms with Crippen molar-refractivity contribution in [2.45, 2.75) is 38.8 Å². The fourth-order valence-electron chi connectivity index (χ4n) is 4.46. The predicted octanol–water partition coefficient (Wildman–Crippen LogP) is 3.80. The smallest absolute Gasteiger partial charge is 0.128 e. The molecule has 0 atom stereocenters. The van der Waals surface area contributed by atoms with Crippen LogP contribution in [0.15, 0.2) is 47.5 Å². The number of anilines is 1. The van der Waals surface area contributed by atoms with Crippen molar-refractivity contribution < 1.29 is 4.21 Å². The standard InChI is InChI=1S/C25H29N9OS/c1-17(2)33-15-20(14-28-33)22-16-34-25(19(11-26)13-29-34)24(30-22)18-5-6-23(27-12-18)32-9-7-21(8-10-32)31-36(3,4)35/h5-6,12-17,21H,7-10H2,1-4H3. The molecule has 0 spiro atoms. The highest BCUT2D eigenvalue weighted by molar-refractivity contribution is 7.92. The Morgan fingerprint density at radius 2 is 1.86 bits per heavy atom. The number of piperidine rings is 1. The van der Waals surface area contributed by atoms with Crippen molar-refractivity contribution in [3.8, 4) is 28.6 Å². The Bertz CT molecular complexity index is 1550. The number of nitriles is 1. The van der Waals surface area contributed by atoms with E-state index in [9.17, 15) is 9.47 Å². The second kappa shape index (κ2) is 9.35. The molecule has 0 unspecified atom stereocenters. The number of pyridine rings is 1. The molecule has 0 aliphatic carbocycles. The lowest BCUT2D eigenvalue weighted by atomic mass is 10.1. The second-order valence-electron chi connectivity index (χ2n) is 9.65. The number of hydrogen-bond donors (Lipinski definition) is 0. The van der Waals surface area contributed by atoms with E-state index in [-0.39, 0.29) is 12.1 Å². The fraction of sp³-hybridized carbons (Fsp3) is 0.400. The van der Waals surface area contributed by atoms with Crippen molar-refractivity contribution in [3.63, 3.8) is 0 Å². The number of rotatable bonds is 5. The van der Waals surface area contributed by atoms with E-state index < -0.39 is 9.73 Å². The zero-order chi connectivity index (χ0) is 25.4. The van der Waals surface area contributed by atoms with Gasteiger partial charge in [0.05, 0.1) is 36.0 Å². The third-order valence-electron chi connectivity index (χ3n) is 6.26. The van der Waals surface area contributed by atoms with Gasteiger partial charge in [0.2, 0.25) is 0 Å². The van der Waals surface area contributed by atoms with Gasteiger partial charge in [0.25, 0.3) is 0 Å². The van der Waals surface area contributed by atoms with Gasteiger partial charge in [0.1, 0.15) is 23.0 Å². The van der Waals surface area contributed by atoms with Gasteiger partial charge >= 0.3 is 0 Å². The molecule has 36 heavy (non-hydrogen) atoms. The number of aromatic nitrogens is 6. The van der Waals surface area contributed by atoms with E-state index in [1.54, 1.807) is 35.6 Å².